The Morgan fingerprint density at radius 1 is 1.12 bits per heavy atom. The van der Waals surface area contributed by atoms with Crippen LogP contribution in [0.15, 0.2) is 53.5 Å². The van der Waals surface area contributed by atoms with Crippen molar-refractivity contribution in [1.29, 1.82) is 0 Å². The van der Waals surface area contributed by atoms with Crippen molar-refractivity contribution < 1.29 is 4.79 Å². The van der Waals surface area contributed by atoms with Gasteiger partial charge in [0.25, 0.3) is 5.56 Å². The number of carbonyl (C=O) groups is 1. The van der Waals surface area contributed by atoms with Crippen molar-refractivity contribution in [2.45, 2.75) is 6.54 Å². The summed E-state index contributed by atoms with van der Waals surface area (Å²) in [5.41, 5.74) is 5.89. The number of carbonyl (C=O) groups excluding carboxylic acids is 1. The van der Waals surface area contributed by atoms with Gasteiger partial charge in [-0.3, -0.25) is 9.59 Å². The summed E-state index contributed by atoms with van der Waals surface area (Å²) in [4.78, 5) is 23.5. The molecule has 0 fully saturated rings. The van der Waals surface area contributed by atoms with Gasteiger partial charge in [0.05, 0.1) is 12.2 Å². The minimum absolute atomic E-state index is 0.00782. The minimum atomic E-state index is -0.336. The van der Waals surface area contributed by atoms with Crippen LogP contribution in [0.25, 0.3) is 0 Å². The molecule has 0 aliphatic heterocycles. The Bertz CT molecular complexity index is 588. The molecule has 1 heterocycles. The molecule has 0 amide bonds. The molecule has 86 valence electrons. The number of benzene rings is 1. The zero-order chi connectivity index (χ0) is 12.3. The first kappa shape index (κ1) is 11.1. The van der Waals surface area contributed by atoms with E-state index in [0.29, 0.717) is 5.56 Å². The highest BCUT2D eigenvalue weighted by atomic mass is 16.1. The molecule has 0 atom stereocenters. The van der Waals surface area contributed by atoms with Gasteiger partial charge in [0, 0.05) is 11.8 Å². The molecule has 1 aromatic heterocycles. The predicted octanol–water partition coefficient (Wildman–Crippen LogP) is 1.31. The number of nitrogens with zero attached hydrogens (tertiary/aromatic N) is 1. The number of rotatable bonds is 3. The lowest BCUT2D eigenvalue weighted by atomic mass is 10.1. The van der Waals surface area contributed by atoms with E-state index in [-0.39, 0.29) is 23.6 Å². The Morgan fingerprint density at radius 3 is 2.53 bits per heavy atom. The van der Waals surface area contributed by atoms with Crippen LogP contribution in [-0.2, 0) is 6.54 Å². The molecule has 0 saturated heterocycles. The SMILES string of the molecule is Nc1cccn(CC(=O)c2ccccc2)c1=O. The van der Waals surface area contributed by atoms with Gasteiger partial charge in [0.2, 0.25) is 0 Å². The van der Waals surface area contributed by atoms with Gasteiger partial charge in [-0.05, 0) is 12.1 Å². The summed E-state index contributed by atoms with van der Waals surface area (Å²) in [6.45, 7) is 0.00782. The van der Waals surface area contributed by atoms with Crippen LogP contribution >= 0.6 is 0 Å². The molecular weight excluding hydrogens is 216 g/mol. The average molecular weight is 228 g/mol. The quantitative estimate of drug-likeness (QED) is 0.805. The molecule has 0 aliphatic rings. The minimum Gasteiger partial charge on any atom is -0.394 e. The Hall–Kier alpha value is -2.36. The normalized spacial score (nSPS) is 10.1. The van der Waals surface area contributed by atoms with E-state index in [0.717, 1.165) is 0 Å². The van der Waals surface area contributed by atoms with E-state index < -0.39 is 0 Å². The summed E-state index contributed by atoms with van der Waals surface area (Å²) in [7, 11) is 0. The smallest absolute Gasteiger partial charge is 0.274 e. The molecule has 4 nitrogen and oxygen atoms in total. The molecule has 2 aromatic rings. The van der Waals surface area contributed by atoms with E-state index in [4.69, 9.17) is 5.73 Å². The molecule has 0 saturated carbocycles. The molecule has 0 unspecified atom stereocenters. The largest absolute Gasteiger partial charge is 0.394 e. The number of pyridine rings is 1. The Labute approximate surface area is 98.3 Å². The second kappa shape index (κ2) is 4.65. The highest BCUT2D eigenvalue weighted by Crippen LogP contribution is 2.02. The number of Topliss-reactive ketones (excluding diaryl/α,β-unsaturated/α-hetero) is 1. The van der Waals surface area contributed by atoms with Crippen LogP contribution in [0.5, 0.6) is 0 Å². The van der Waals surface area contributed by atoms with Crippen molar-refractivity contribution in [3.8, 4) is 0 Å². The highest BCUT2D eigenvalue weighted by Gasteiger charge is 2.07. The van der Waals surface area contributed by atoms with Crippen molar-refractivity contribution in [2.24, 2.45) is 0 Å². The van der Waals surface area contributed by atoms with Gasteiger partial charge in [0.15, 0.2) is 5.78 Å². The first-order valence-electron chi connectivity index (χ1n) is 5.21. The van der Waals surface area contributed by atoms with Crippen LogP contribution in [0.3, 0.4) is 0 Å². The topological polar surface area (TPSA) is 65.1 Å². The van der Waals surface area contributed by atoms with Gasteiger partial charge in [-0.25, -0.2) is 0 Å². The van der Waals surface area contributed by atoms with Gasteiger partial charge < -0.3 is 10.3 Å². The second-order valence-corrected chi connectivity index (χ2v) is 3.69. The van der Waals surface area contributed by atoms with Crippen LogP contribution in [0, 0.1) is 0 Å². The summed E-state index contributed by atoms with van der Waals surface area (Å²) >= 11 is 0. The fourth-order valence-electron chi connectivity index (χ4n) is 1.55. The number of hydrogen-bond donors (Lipinski definition) is 1. The maximum Gasteiger partial charge on any atom is 0.274 e. The van der Waals surface area contributed by atoms with Crippen molar-refractivity contribution in [1.82, 2.24) is 4.57 Å². The fraction of sp³-hybridized carbons (Fsp3) is 0.0769. The third-order valence-electron chi connectivity index (χ3n) is 2.46. The molecule has 0 radical (unpaired) electrons. The molecule has 17 heavy (non-hydrogen) atoms. The van der Waals surface area contributed by atoms with E-state index >= 15 is 0 Å². The van der Waals surface area contributed by atoms with Gasteiger partial charge in [-0.15, -0.1) is 0 Å². The van der Waals surface area contributed by atoms with Crippen LogP contribution in [-0.4, -0.2) is 10.4 Å². The fourth-order valence-corrected chi connectivity index (χ4v) is 1.55. The summed E-state index contributed by atoms with van der Waals surface area (Å²) in [6, 6.07) is 12.0. The predicted molar refractivity (Wildman–Crippen MR) is 65.9 cm³/mol. The summed E-state index contributed by atoms with van der Waals surface area (Å²) in [6.07, 6.45) is 1.56. The molecule has 0 aliphatic carbocycles. The van der Waals surface area contributed by atoms with Crippen molar-refractivity contribution in [3.63, 3.8) is 0 Å². The van der Waals surface area contributed by atoms with Crippen LogP contribution in [0.4, 0.5) is 5.69 Å². The van der Waals surface area contributed by atoms with Crippen molar-refractivity contribution >= 4 is 11.5 Å². The first-order chi connectivity index (χ1) is 8.18. The molecule has 0 bridgehead atoms. The molecule has 2 rings (SSSR count). The van der Waals surface area contributed by atoms with Gasteiger partial charge in [-0.1, -0.05) is 30.3 Å². The zero-order valence-electron chi connectivity index (χ0n) is 9.17. The summed E-state index contributed by atoms with van der Waals surface area (Å²) < 4.78 is 1.31. The zero-order valence-corrected chi connectivity index (χ0v) is 9.17. The Morgan fingerprint density at radius 2 is 1.82 bits per heavy atom. The number of ketones is 1. The molecule has 2 N–H and O–H groups in total. The lowest BCUT2D eigenvalue weighted by molar-refractivity contribution is 0.0971. The van der Waals surface area contributed by atoms with Crippen molar-refractivity contribution in [2.75, 3.05) is 5.73 Å². The monoisotopic (exact) mass is 228 g/mol. The summed E-state index contributed by atoms with van der Waals surface area (Å²) in [5, 5.41) is 0. The third kappa shape index (κ3) is 2.42. The van der Waals surface area contributed by atoms with Crippen LogP contribution in [0.1, 0.15) is 10.4 Å². The van der Waals surface area contributed by atoms with Gasteiger partial charge >= 0.3 is 0 Å². The van der Waals surface area contributed by atoms with Crippen LogP contribution in [0.2, 0.25) is 0 Å². The van der Waals surface area contributed by atoms with Gasteiger partial charge in [-0.2, -0.15) is 0 Å². The Kier molecular flexibility index (Phi) is 3.05. The molecule has 1 aromatic carbocycles. The lowest BCUT2D eigenvalue weighted by Crippen LogP contribution is -2.25. The molecule has 0 spiro atoms. The van der Waals surface area contributed by atoms with Crippen molar-refractivity contribution in [3.05, 3.63) is 64.6 Å². The summed E-state index contributed by atoms with van der Waals surface area (Å²) in [5.74, 6) is -0.113. The van der Waals surface area contributed by atoms with E-state index in [1.165, 1.54) is 10.6 Å². The number of nitrogen functional groups attached to an aromatic ring is 1. The highest BCUT2D eigenvalue weighted by molar-refractivity contribution is 5.95. The number of aromatic nitrogens is 1. The third-order valence-corrected chi connectivity index (χ3v) is 2.46. The molecular formula is C13H12N2O2. The average Bonchev–Trinajstić information content (AvgIpc) is 2.36. The standard InChI is InChI=1S/C13H12N2O2/c14-11-7-4-8-15(13(11)17)9-12(16)10-5-2-1-3-6-10/h1-8H,9,14H2. The Balaban J connectivity index is 2.25. The molecule has 4 heteroatoms. The maximum absolute atomic E-state index is 11.9. The number of anilines is 1. The number of hydrogen-bond acceptors (Lipinski definition) is 3. The lowest BCUT2D eigenvalue weighted by Gasteiger charge is -2.05. The first-order valence-corrected chi connectivity index (χ1v) is 5.21. The van der Waals surface area contributed by atoms with E-state index in [1.807, 2.05) is 6.07 Å². The van der Waals surface area contributed by atoms with E-state index in [2.05, 4.69) is 0 Å². The number of nitrogens with two attached hydrogens (primary N) is 1. The van der Waals surface area contributed by atoms with E-state index in [1.54, 1.807) is 36.5 Å². The maximum atomic E-state index is 11.9. The van der Waals surface area contributed by atoms with Crippen LogP contribution < -0.4 is 11.3 Å². The van der Waals surface area contributed by atoms with E-state index in [9.17, 15) is 9.59 Å². The second-order valence-electron chi connectivity index (χ2n) is 3.69. The van der Waals surface area contributed by atoms with Gasteiger partial charge in [0.1, 0.15) is 0 Å².